The number of hydrogen-bond donors (Lipinski definition) is 0. The van der Waals surface area contributed by atoms with Crippen molar-refractivity contribution in [1.29, 1.82) is 0 Å². The molecule has 0 saturated heterocycles. The first-order valence-corrected chi connectivity index (χ1v) is 3.25. The zero-order chi connectivity index (χ0) is 7.40. The smallest absolute Gasteiger partial charge is 0.154 e. The van der Waals surface area contributed by atoms with Crippen LogP contribution in [0.25, 0.3) is 0 Å². The minimum atomic E-state index is 0.810. The maximum Gasteiger partial charge on any atom is 0.154 e. The predicted octanol–water partition coefficient (Wildman–Crippen LogP) is 2.11. The molecule has 0 N–H and O–H groups in total. The van der Waals surface area contributed by atoms with E-state index in [1.54, 1.807) is 12.4 Å². The molecule has 1 aromatic rings. The minimum Gasteiger partial charge on any atom is -0.242 e. The van der Waals surface area contributed by atoms with Crippen LogP contribution in [0.15, 0.2) is 23.3 Å². The Balaban J connectivity index is 3.03. The number of nitrogens with zero attached hydrogens (tertiary/aromatic N) is 2. The van der Waals surface area contributed by atoms with Crippen LogP contribution >= 0.6 is 0 Å². The van der Waals surface area contributed by atoms with Crippen molar-refractivity contribution in [3.8, 4) is 0 Å². The number of aryl methyl sites for hydroxylation is 1. The van der Waals surface area contributed by atoms with Gasteiger partial charge in [-0.1, -0.05) is 6.07 Å². The molecule has 1 heterocycles. The maximum atomic E-state index is 4.07. The predicted molar refractivity (Wildman–Crippen MR) is 42.8 cm³/mol. The van der Waals surface area contributed by atoms with Crippen molar-refractivity contribution in [2.75, 3.05) is 0 Å². The molecule has 1 rings (SSSR count). The first-order valence-electron chi connectivity index (χ1n) is 3.25. The molecule has 0 radical (unpaired) electrons. The van der Waals surface area contributed by atoms with E-state index in [2.05, 4.69) is 9.98 Å². The molecule has 2 nitrogen and oxygen atoms in total. The van der Waals surface area contributed by atoms with E-state index in [0.717, 1.165) is 11.4 Å². The fourth-order valence-electron chi connectivity index (χ4n) is 0.735. The number of hydrogen-bond acceptors (Lipinski definition) is 2. The van der Waals surface area contributed by atoms with Gasteiger partial charge in [-0.3, -0.25) is 0 Å². The molecule has 0 spiro atoms. The lowest BCUT2D eigenvalue weighted by Gasteiger charge is -1.94. The van der Waals surface area contributed by atoms with E-state index in [0.29, 0.717) is 0 Å². The summed E-state index contributed by atoms with van der Waals surface area (Å²) in [6.45, 7) is 3.88. The summed E-state index contributed by atoms with van der Waals surface area (Å²) >= 11 is 0. The highest BCUT2D eigenvalue weighted by molar-refractivity contribution is 5.59. The average molecular weight is 134 g/mol. The third kappa shape index (κ3) is 1.41. The van der Waals surface area contributed by atoms with E-state index in [4.69, 9.17) is 0 Å². The van der Waals surface area contributed by atoms with Crippen molar-refractivity contribution in [3.63, 3.8) is 0 Å². The topological polar surface area (TPSA) is 25.2 Å². The number of rotatable bonds is 1. The molecule has 0 aliphatic carbocycles. The summed E-state index contributed by atoms with van der Waals surface area (Å²) in [6, 6.07) is 3.90. The molecule has 2 heteroatoms. The molecule has 0 aromatic carbocycles. The molecule has 0 atom stereocenters. The van der Waals surface area contributed by atoms with Crippen molar-refractivity contribution in [1.82, 2.24) is 4.98 Å². The van der Waals surface area contributed by atoms with E-state index >= 15 is 0 Å². The molecular formula is C8H10N2. The normalized spacial score (nSPS) is 10.6. The van der Waals surface area contributed by atoms with Crippen molar-refractivity contribution >= 4 is 12.0 Å². The van der Waals surface area contributed by atoms with E-state index in [1.165, 1.54) is 0 Å². The Labute approximate surface area is 60.6 Å². The minimum absolute atomic E-state index is 0.810. The largest absolute Gasteiger partial charge is 0.242 e. The number of pyridine rings is 1. The standard InChI is InChI=1S/C8H10N2/c1-3-9-8-7(2)5-4-6-10-8/h3-6H,1-2H3. The molecule has 0 fully saturated rings. The molecule has 0 bridgehead atoms. The van der Waals surface area contributed by atoms with Crippen LogP contribution in [0, 0.1) is 6.92 Å². The number of aliphatic imine (C=N–C) groups is 1. The summed E-state index contributed by atoms with van der Waals surface area (Å²) in [5, 5.41) is 0. The molecule has 0 amide bonds. The van der Waals surface area contributed by atoms with Crippen molar-refractivity contribution in [2.24, 2.45) is 4.99 Å². The second-order valence-electron chi connectivity index (χ2n) is 2.03. The van der Waals surface area contributed by atoms with Gasteiger partial charge < -0.3 is 0 Å². The Bertz CT molecular complexity index is 241. The Morgan fingerprint density at radius 1 is 1.60 bits per heavy atom. The fourth-order valence-corrected chi connectivity index (χ4v) is 0.735. The van der Waals surface area contributed by atoms with Gasteiger partial charge in [0.1, 0.15) is 0 Å². The molecule has 0 aliphatic rings. The van der Waals surface area contributed by atoms with Gasteiger partial charge in [-0.15, -0.1) is 0 Å². The van der Waals surface area contributed by atoms with Crippen LogP contribution in [0.2, 0.25) is 0 Å². The molecule has 1 aromatic heterocycles. The van der Waals surface area contributed by atoms with Gasteiger partial charge in [0, 0.05) is 12.4 Å². The quantitative estimate of drug-likeness (QED) is 0.540. The Morgan fingerprint density at radius 2 is 2.40 bits per heavy atom. The highest BCUT2D eigenvalue weighted by Crippen LogP contribution is 2.11. The second kappa shape index (κ2) is 3.11. The lowest BCUT2D eigenvalue weighted by molar-refractivity contribution is 1.23. The first kappa shape index (κ1) is 6.93. The summed E-state index contributed by atoms with van der Waals surface area (Å²) in [5.74, 6) is 0.810. The summed E-state index contributed by atoms with van der Waals surface area (Å²) in [5.41, 5.74) is 1.11. The lowest BCUT2D eigenvalue weighted by atomic mass is 10.3. The van der Waals surface area contributed by atoms with Gasteiger partial charge in [0.05, 0.1) is 0 Å². The maximum absolute atomic E-state index is 4.07. The Morgan fingerprint density at radius 3 is 3.00 bits per heavy atom. The third-order valence-corrected chi connectivity index (χ3v) is 1.23. The highest BCUT2D eigenvalue weighted by atomic mass is 14.9. The average Bonchev–Trinajstić information content (AvgIpc) is 1.94. The molecular weight excluding hydrogens is 124 g/mol. The van der Waals surface area contributed by atoms with Crippen LogP contribution in [0.4, 0.5) is 5.82 Å². The van der Waals surface area contributed by atoms with Crippen LogP contribution in [-0.2, 0) is 0 Å². The SMILES string of the molecule is CC=Nc1ncccc1C. The van der Waals surface area contributed by atoms with Crippen molar-refractivity contribution in [2.45, 2.75) is 13.8 Å². The van der Waals surface area contributed by atoms with Crippen LogP contribution < -0.4 is 0 Å². The highest BCUT2D eigenvalue weighted by Gasteiger charge is 1.90. The van der Waals surface area contributed by atoms with E-state index in [-0.39, 0.29) is 0 Å². The van der Waals surface area contributed by atoms with E-state index in [1.807, 2.05) is 26.0 Å². The van der Waals surface area contributed by atoms with Gasteiger partial charge in [-0.25, -0.2) is 9.98 Å². The van der Waals surface area contributed by atoms with Gasteiger partial charge >= 0.3 is 0 Å². The van der Waals surface area contributed by atoms with E-state index in [9.17, 15) is 0 Å². The lowest BCUT2D eigenvalue weighted by Crippen LogP contribution is -1.77. The van der Waals surface area contributed by atoms with Gasteiger partial charge in [0.15, 0.2) is 5.82 Å². The van der Waals surface area contributed by atoms with Gasteiger partial charge in [0.25, 0.3) is 0 Å². The van der Waals surface area contributed by atoms with Crippen LogP contribution in [0.1, 0.15) is 12.5 Å². The molecule has 0 saturated carbocycles. The molecule has 0 aliphatic heterocycles. The monoisotopic (exact) mass is 134 g/mol. The van der Waals surface area contributed by atoms with Crippen molar-refractivity contribution < 1.29 is 0 Å². The summed E-state index contributed by atoms with van der Waals surface area (Å²) in [4.78, 5) is 8.14. The molecule has 10 heavy (non-hydrogen) atoms. The Hall–Kier alpha value is -1.18. The van der Waals surface area contributed by atoms with Crippen LogP contribution in [-0.4, -0.2) is 11.2 Å². The van der Waals surface area contributed by atoms with Gasteiger partial charge in [-0.05, 0) is 25.5 Å². The zero-order valence-corrected chi connectivity index (χ0v) is 6.20. The Kier molecular flexibility index (Phi) is 2.15. The summed E-state index contributed by atoms with van der Waals surface area (Å²) < 4.78 is 0. The van der Waals surface area contributed by atoms with E-state index < -0.39 is 0 Å². The second-order valence-corrected chi connectivity index (χ2v) is 2.03. The van der Waals surface area contributed by atoms with Gasteiger partial charge in [0.2, 0.25) is 0 Å². The number of aromatic nitrogens is 1. The van der Waals surface area contributed by atoms with Crippen LogP contribution in [0.5, 0.6) is 0 Å². The zero-order valence-electron chi connectivity index (χ0n) is 6.20. The molecule has 52 valence electrons. The summed E-state index contributed by atoms with van der Waals surface area (Å²) in [6.07, 6.45) is 3.49. The van der Waals surface area contributed by atoms with Crippen molar-refractivity contribution in [3.05, 3.63) is 23.9 Å². The summed E-state index contributed by atoms with van der Waals surface area (Å²) in [7, 11) is 0. The first-order chi connectivity index (χ1) is 4.84. The molecule has 0 unspecified atom stereocenters. The van der Waals surface area contributed by atoms with Crippen LogP contribution in [0.3, 0.4) is 0 Å². The third-order valence-electron chi connectivity index (χ3n) is 1.23. The fraction of sp³-hybridized carbons (Fsp3) is 0.250. The van der Waals surface area contributed by atoms with Gasteiger partial charge in [-0.2, -0.15) is 0 Å².